The zero-order valence-corrected chi connectivity index (χ0v) is 20.7. The lowest BCUT2D eigenvalue weighted by Gasteiger charge is -2.23. The number of methoxy groups -OCH3 is 1. The third kappa shape index (κ3) is 3.45. The summed E-state index contributed by atoms with van der Waals surface area (Å²) in [6.07, 6.45) is 0. The van der Waals surface area contributed by atoms with Crippen LogP contribution in [0.3, 0.4) is 0 Å². The number of hydrogen-bond donors (Lipinski definition) is 1. The average molecular weight is 498 g/mol. The summed E-state index contributed by atoms with van der Waals surface area (Å²) in [5.74, 6) is -0.878. The van der Waals surface area contributed by atoms with Gasteiger partial charge in [0.05, 0.1) is 38.5 Å². The Morgan fingerprint density at radius 2 is 1.94 bits per heavy atom. The van der Waals surface area contributed by atoms with Crippen molar-refractivity contribution in [3.63, 3.8) is 0 Å². The van der Waals surface area contributed by atoms with Gasteiger partial charge in [-0.3, -0.25) is 14.5 Å². The highest BCUT2D eigenvalue weighted by molar-refractivity contribution is 7.22. The summed E-state index contributed by atoms with van der Waals surface area (Å²) in [6.45, 7) is 5.51. The number of amides is 1. The highest BCUT2D eigenvalue weighted by atomic mass is 32.1. The van der Waals surface area contributed by atoms with Gasteiger partial charge in [-0.1, -0.05) is 11.3 Å². The van der Waals surface area contributed by atoms with Crippen LogP contribution in [0.4, 0.5) is 5.13 Å². The SMILES string of the molecule is COc1ccc2nc(N3C(=O)C(O)=C(C(=O)c4sc(C)nc4C)C3c3sccc3C)sc2c1. The smallest absolute Gasteiger partial charge is 0.296 e. The predicted octanol–water partition coefficient (Wildman–Crippen LogP) is 5.53. The Morgan fingerprint density at radius 3 is 2.58 bits per heavy atom. The molecule has 0 spiro atoms. The van der Waals surface area contributed by atoms with Gasteiger partial charge in [0.25, 0.3) is 5.91 Å². The van der Waals surface area contributed by atoms with E-state index in [1.165, 1.54) is 38.9 Å². The van der Waals surface area contributed by atoms with Crippen LogP contribution in [0.15, 0.2) is 41.0 Å². The van der Waals surface area contributed by atoms with E-state index in [0.29, 0.717) is 27.0 Å². The zero-order chi connectivity index (χ0) is 23.4. The molecule has 33 heavy (non-hydrogen) atoms. The van der Waals surface area contributed by atoms with Crippen LogP contribution >= 0.6 is 34.0 Å². The first-order valence-corrected chi connectivity index (χ1v) is 12.6. The Hall–Kier alpha value is -3.08. The molecule has 4 aromatic rings. The highest BCUT2D eigenvalue weighted by Crippen LogP contribution is 2.47. The first-order chi connectivity index (χ1) is 15.8. The standard InChI is InChI=1S/C23H19N3O4S3/c1-10-7-8-31-20(10)17-16(18(27)21-11(2)24-12(3)32-21)19(28)22(29)26(17)23-25-14-6-5-13(30-4)9-15(14)33-23/h5-9,17,28H,1-4H3. The molecule has 0 saturated carbocycles. The van der Waals surface area contributed by atoms with Crippen LogP contribution in [0.2, 0.25) is 0 Å². The summed E-state index contributed by atoms with van der Waals surface area (Å²) in [4.78, 5) is 38.7. The van der Waals surface area contributed by atoms with Crippen molar-refractivity contribution in [1.82, 2.24) is 9.97 Å². The average Bonchev–Trinajstić information content (AvgIpc) is 3.53. The minimum absolute atomic E-state index is 0.0640. The van der Waals surface area contributed by atoms with Crippen LogP contribution in [-0.4, -0.2) is 33.9 Å². The van der Waals surface area contributed by atoms with Crippen LogP contribution in [-0.2, 0) is 4.79 Å². The number of Topliss-reactive ketones (excluding diaryl/α,β-unsaturated/α-hetero) is 1. The zero-order valence-electron chi connectivity index (χ0n) is 18.2. The molecule has 7 nitrogen and oxygen atoms in total. The van der Waals surface area contributed by atoms with Crippen LogP contribution in [0, 0.1) is 20.8 Å². The summed E-state index contributed by atoms with van der Waals surface area (Å²) in [7, 11) is 1.59. The highest BCUT2D eigenvalue weighted by Gasteiger charge is 2.47. The topological polar surface area (TPSA) is 92.6 Å². The van der Waals surface area contributed by atoms with E-state index in [2.05, 4.69) is 9.97 Å². The van der Waals surface area contributed by atoms with Crippen molar-refractivity contribution in [3.05, 3.63) is 67.0 Å². The predicted molar refractivity (Wildman–Crippen MR) is 131 cm³/mol. The summed E-state index contributed by atoms with van der Waals surface area (Å²) >= 11 is 4.02. The fourth-order valence-corrected chi connectivity index (χ4v) is 6.85. The third-order valence-corrected chi connectivity index (χ3v) is 8.66. The molecule has 4 heterocycles. The quantitative estimate of drug-likeness (QED) is 0.365. The largest absolute Gasteiger partial charge is 0.503 e. The minimum atomic E-state index is -0.769. The number of benzene rings is 1. The number of thiazole rings is 2. The monoisotopic (exact) mass is 497 g/mol. The molecule has 168 valence electrons. The molecule has 3 aromatic heterocycles. The summed E-state index contributed by atoms with van der Waals surface area (Å²) in [6, 6.07) is 6.65. The molecular formula is C23H19N3O4S3. The van der Waals surface area contributed by atoms with E-state index >= 15 is 0 Å². The Morgan fingerprint density at radius 1 is 1.15 bits per heavy atom. The van der Waals surface area contributed by atoms with Gasteiger partial charge in [-0.05, 0) is 56.0 Å². The Labute approximate surface area is 201 Å². The molecule has 1 amide bonds. The number of ether oxygens (including phenoxy) is 1. The number of aliphatic hydroxyl groups excluding tert-OH is 1. The van der Waals surface area contributed by atoms with Crippen LogP contribution in [0.25, 0.3) is 10.2 Å². The van der Waals surface area contributed by atoms with Crippen molar-refractivity contribution in [2.75, 3.05) is 12.0 Å². The molecule has 10 heteroatoms. The van der Waals surface area contributed by atoms with E-state index in [1.807, 2.05) is 37.4 Å². The van der Waals surface area contributed by atoms with Gasteiger partial charge in [-0.25, -0.2) is 9.97 Å². The lowest BCUT2D eigenvalue weighted by Crippen LogP contribution is -2.30. The molecule has 0 radical (unpaired) electrons. The lowest BCUT2D eigenvalue weighted by molar-refractivity contribution is -0.117. The number of aryl methyl sites for hydroxylation is 3. The van der Waals surface area contributed by atoms with Crippen molar-refractivity contribution < 1.29 is 19.4 Å². The molecule has 0 bridgehead atoms. The molecule has 1 atom stereocenters. The first kappa shape index (κ1) is 21.7. The number of thiophene rings is 1. The fraction of sp³-hybridized carbons (Fsp3) is 0.217. The molecule has 0 aliphatic carbocycles. The summed E-state index contributed by atoms with van der Waals surface area (Å²) in [5.41, 5.74) is 2.29. The molecule has 1 aromatic carbocycles. The number of anilines is 1. The second-order valence-corrected chi connectivity index (χ2v) is 10.8. The van der Waals surface area contributed by atoms with E-state index in [-0.39, 0.29) is 11.4 Å². The van der Waals surface area contributed by atoms with Crippen LogP contribution < -0.4 is 9.64 Å². The molecule has 0 fully saturated rings. The second kappa shape index (κ2) is 8.05. The first-order valence-electron chi connectivity index (χ1n) is 10.0. The third-order valence-electron chi connectivity index (χ3n) is 5.50. The van der Waals surface area contributed by atoms with E-state index in [4.69, 9.17) is 4.74 Å². The van der Waals surface area contributed by atoms with Gasteiger partial charge in [-0.2, -0.15) is 0 Å². The number of ketones is 1. The number of hydrogen-bond acceptors (Lipinski definition) is 9. The van der Waals surface area contributed by atoms with E-state index in [0.717, 1.165) is 20.1 Å². The van der Waals surface area contributed by atoms with Crippen molar-refractivity contribution >= 4 is 61.0 Å². The van der Waals surface area contributed by atoms with Gasteiger partial charge >= 0.3 is 0 Å². The van der Waals surface area contributed by atoms with Crippen molar-refractivity contribution in [2.24, 2.45) is 0 Å². The number of carbonyl (C=O) groups excluding carboxylic acids is 2. The van der Waals surface area contributed by atoms with Gasteiger partial charge in [0.2, 0.25) is 5.78 Å². The Balaban J connectivity index is 1.68. The van der Waals surface area contributed by atoms with Crippen molar-refractivity contribution in [1.29, 1.82) is 0 Å². The number of fused-ring (bicyclic) bond motifs is 1. The second-order valence-electron chi connectivity index (χ2n) is 7.61. The molecule has 1 N–H and O–H groups in total. The number of aromatic nitrogens is 2. The molecule has 5 rings (SSSR count). The Bertz CT molecular complexity index is 1460. The number of rotatable bonds is 5. The van der Waals surface area contributed by atoms with Crippen molar-refractivity contribution in [3.8, 4) is 5.75 Å². The maximum absolute atomic E-state index is 13.6. The summed E-state index contributed by atoms with van der Waals surface area (Å²) < 4.78 is 6.14. The minimum Gasteiger partial charge on any atom is -0.503 e. The fourth-order valence-electron chi connectivity index (χ4n) is 3.93. The lowest BCUT2D eigenvalue weighted by atomic mass is 9.99. The summed E-state index contributed by atoms with van der Waals surface area (Å²) in [5, 5.41) is 14.0. The number of nitrogens with zero attached hydrogens (tertiary/aromatic N) is 3. The molecule has 1 aliphatic heterocycles. The van der Waals surface area contributed by atoms with Crippen molar-refractivity contribution in [2.45, 2.75) is 26.8 Å². The molecule has 0 saturated heterocycles. The van der Waals surface area contributed by atoms with Gasteiger partial charge in [0.15, 0.2) is 10.9 Å². The van der Waals surface area contributed by atoms with Crippen LogP contribution in [0.5, 0.6) is 5.75 Å². The molecule has 1 unspecified atom stereocenters. The van der Waals surface area contributed by atoms with E-state index in [9.17, 15) is 14.7 Å². The maximum atomic E-state index is 13.6. The number of carbonyl (C=O) groups is 2. The Kier molecular flexibility index (Phi) is 5.31. The van der Waals surface area contributed by atoms with E-state index < -0.39 is 17.7 Å². The molecular weight excluding hydrogens is 478 g/mol. The normalized spacial score (nSPS) is 16.3. The van der Waals surface area contributed by atoms with Crippen LogP contribution in [0.1, 0.15) is 36.9 Å². The maximum Gasteiger partial charge on any atom is 0.296 e. The van der Waals surface area contributed by atoms with E-state index in [1.54, 1.807) is 20.1 Å². The van der Waals surface area contributed by atoms with Gasteiger partial charge in [-0.15, -0.1) is 22.7 Å². The van der Waals surface area contributed by atoms with Gasteiger partial charge < -0.3 is 9.84 Å². The number of aliphatic hydroxyl groups is 1. The van der Waals surface area contributed by atoms with Gasteiger partial charge in [0, 0.05) is 4.88 Å². The van der Waals surface area contributed by atoms with Gasteiger partial charge in [0.1, 0.15) is 11.8 Å². The molecule has 1 aliphatic rings.